The van der Waals surface area contributed by atoms with E-state index in [4.69, 9.17) is 0 Å². The van der Waals surface area contributed by atoms with Crippen molar-refractivity contribution in [2.45, 2.75) is 33.6 Å². The summed E-state index contributed by atoms with van der Waals surface area (Å²) < 4.78 is 0. The van der Waals surface area contributed by atoms with Crippen molar-refractivity contribution in [2.24, 2.45) is 11.8 Å². The molecule has 24 heavy (non-hydrogen) atoms. The standard InChI is InChI=1S/C19H25N3O2/c1-13(2)19(24)21-11-15-5-4-8-22(12-15)18-9-16(14(3)23)6-7-17(18)10-20/h6-7,9,13,15H,4-5,8,11-12H2,1-3H3,(H,21,24). The molecule has 1 aromatic rings. The molecule has 1 amide bonds. The highest BCUT2D eigenvalue weighted by Gasteiger charge is 2.23. The number of ketones is 1. The fourth-order valence-corrected chi connectivity index (χ4v) is 3.01. The minimum Gasteiger partial charge on any atom is -0.370 e. The molecule has 1 aliphatic rings. The third kappa shape index (κ3) is 4.35. The molecular weight excluding hydrogens is 302 g/mol. The first-order valence-corrected chi connectivity index (χ1v) is 8.50. The Morgan fingerprint density at radius 1 is 1.42 bits per heavy atom. The van der Waals surface area contributed by atoms with Gasteiger partial charge >= 0.3 is 0 Å². The van der Waals surface area contributed by atoms with Gasteiger partial charge in [0.05, 0.1) is 11.3 Å². The van der Waals surface area contributed by atoms with E-state index in [-0.39, 0.29) is 17.6 Å². The van der Waals surface area contributed by atoms with E-state index in [1.165, 1.54) is 6.92 Å². The summed E-state index contributed by atoms with van der Waals surface area (Å²) >= 11 is 0. The summed E-state index contributed by atoms with van der Waals surface area (Å²) in [5.74, 6) is 0.415. The Balaban J connectivity index is 2.11. The molecule has 0 saturated carbocycles. The number of nitriles is 1. The maximum absolute atomic E-state index is 11.8. The van der Waals surface area contributed by atoms with E-state index in [9.17, 15) is 14.9 Å². The molecule has 5 heteroatoms. The number of carbonyl (C=O) groups is 2. The van der Waals surface area contributed by atoms with Crippen molar-refractivity contribution in [1.29, 1.82) is 5.26 Å². The van der Waals surface area contributed by atoms with Gasteiger partial charge in [0.2, 0.25) is 5.91 Å². The molecule has 1 N–H and O–H groups in total. The average Bonchev–Trinajstić information content (AvgIpc) is 2.59. The molecule has 5 nitrogen and oxygen atoms in total. The predicted octanol–water partition coefficient (Wildman–Crippen LogP) is 2.75. The SMILES string of the molecule is CC(=O)c1ccc(C#N)c(N2CCCC(CNC(=O)C(C)C)C2)c1. The number of rotatable bonds is 5. The molecule has 1 saturated heterocycles. The molecule has 0 spiro atoms. The molecule has 1 unspecified atom stereocenters. The number of amides is 1. The highest BCUT2D eigenvalue weighted by molar-refractivity contribution is 5.95. The smallest absolute Gasteiger partial charge is 0.222 e. The van der Waals surface area contributed by atoms with E-state index >= 15 is 0 Å². The number of nitrogens with one attached hydrogen (secondary N) is 1. The van der Waals surface area contributed by atoms with Crippen LogP contribution in [0, 0.1) is 23.2 Å². The lowest BCUT2D eigenvalue weighted by Gasteiger charge is -2.35. The Hall–Kier alpha value is -2.35. The van der Waals surface area contributed by atoms with Gasteiger partial charge in [-0.15, -0.1) is 0 Å². The van der Waals surface area contributed by atoms with E-state index in [1.807, 2.05) is 19.9 Å². The first kappa shape index (κ1) is 18.0. The second-order valence-electron chi connectivity index (χ2n) is 6.75. The van der Waals surface area contributed by atoms with Crippen LogP contribution < -0.4 is 10.2 Å². The Morgan fingerprint density at radius 2 is 2.17 bits per heavy atom. The first-order valence-electron chi connectivity index (χ1n) is 8.50. The summed E-state index contributed by atoms with van der Waals surface area (Å²) in [6.07, 6.45) is 2.07. The van der Waals surface area contributed by atoms with Gasteiger partial charge in [0.15, 0.2) is 5.78 Å². The van der Waals surface area contributed by atoms with Gasteiger partial charge in [-0.1, -0.05) is 13.8 Å². The lowest BCUT2D eigenvalue weighted by atomic mass is 9.96. The van der Waals surface area contributed by atoms with E-state index in [1.54, 1.807) is 12.1 Å². The van der Waals surface area contributed by atoms with Crippen molar-refractivity contribution in [1.82, 2.24) is 5.32 Å². The van der Waals surface area contributed by atoms with Crippen LogP contribution in [-0.2, 0) is 4.79 Å². The summed E-state index contributed by atoms with van der Waals surface area (Å²) in [5.41, 5.74) is 2.04. The van der Waals surface area contributed by atoms with Crippen LogP contribution in [0.15, 0.2) is 18.2 Å². The second-order valence-corrected chi connectivity index (χ2v) is 6.75. The minimum atomic E-state index is -0.0119. The van der Waals surface area contributed by atoms with Gasteiger partial charge in [-0.2, -0.15) is 5.26 Å². The molecule has 1 fully saturated rings. The van der Waals surface area contributed by atoms with Gasteiger partial charge in [0.25, 0.3) is 0 Å². The molecule has 0 bridgehead atoms. The van der Waals surface area contributed by atoms with Crippen LogP contribution in [0.4, 0.5) is 5.69 Å². The van der Waals surface area contributed by atoms with Crippen molar-refractivity contribution < 1.29 is 9.59 Å². The topological polar surface area (TPSA) is 73.2 Å². The molecule has 2 rings (SSSR count). The Labute approximate surface area is 143 Å². The highest BCUT2D eigenvalue weighted by atomic mass is 16.1. The fourth-order valence-electron chi connectivity index (χ4n) is 3.01. The van der Waals surface area contributed by atoms with Crippen molar-refractivity contribution >= 4 is 17.4 Å². The fraction of sp³-hybridized carbons (Fsp3) is 0.526. The van der Waals surface area contributed by atoms with Crippen LogP contribution in [0.5, 0.6) is 0 Å². The number of hydrogen-bond acceptors (Lipinski definition) is 4. The van der Waals surface area contributed by atoms with Crippen molar-refractivity contribution in [3.8, 4) is 6.07 Å². The number of anilines is 1. The van der Waals surface area contributed by atoms with Gasteiger partial charge in [-0.05, 0) is 43.9 Å². The second kappa shape index (κ2) is 7.96. The highest BCUT2D eigenvalue weighted by Crippen LogP contribution is 2.27. The molecule has 128 valence electrons. The molecule has 1 aromatic carbocycles. The van der Waals surface area contributed by atoms with E-state index in [2.05, 4.69) is 16.3 Å². The van der Waals surface area contributed by atoms with Gasteiger partial charge < -0.3 is 10.2 Å². The van der Waals surface area contributed by atoms with E-state index < -0.39 is 0 Å². The number of nitrogens with zero attached hydrogens (tertiary/aromatic N) is 2. The van der Waals surface area contributed by atoms with Crippen LogP contribution >= 0.6 is 0 Å². The van der Waals surface area contributed by atoms with Crippen molar-refractivity contribution in [3.05, 3.63) is 29.3 Å². The maximum atomic E-state index is 11.8. The molecule has 1 atom stereocenters. The number of hydrogen-bond donors (Lipinski definition) is 1. The van der Waals surface area contributed by atoms with Gasteiger partial charge in [0.1, 0.15) is 6.07 Å². The van der Waals surface area contributed by atoms with Gasteiger partial charge in [-0.25, -0.2) is 0 Å². The Kier molecular flexibility index (Phi) is 5.97. The zero-order valence-electron chi connectivity index (χ0n) is 14.6. The molecule has 1 aliphatic heterocycles. The number of benzene rings is 1. The third-order valence-corrected chi connectivity index (χ3v) is 4.47. The molecule has 1 heterocycles. The number of carbonyl (C=O) groups excluding carboxylic acids is 2. The van der Waals surface area contributed by atoms with Gasteiger partial charge in [-0.3, -0.25) is 9.59 Å². The van der Waals surface area contributed by atoms with E-state index in [0.717, 1.165) is 31.6 Å². The molecule has 0 aromatic heterocycles. The largest absolute Gasteiger partial charge is 0.370 e. The quantitative estimate of drug-likeness (QED) is 0.844. The molecule has 0 aliphatic carbocycles. The lowest BCUT2D eigenvalue weighted by Crippen LogP contribution is -2.42. The zero-order valence-corrected chi connectivity index (χ0v) is 14.6. The third-order valence-electron chi connectivity index (χ3n) is 4.47. The van der Waals surface area contributed by atoms with Crippen molar-refractivity contribution in [3.63, 3.8) is 0 Å². The normalized spacial score (nSPS) is 17.5. The van der Waals surface area contributed by atoms with Crippen LogP contribution in [0.3, 0.4) is 0 Å². The Morgan fingerprint density at radius 3 is 2.79 bits per heavy atom. The number of Topliss-reactive ketones (excluding diaryl/α,β-unsaturated/α-hetero) is 1. The molecule has 0 radical (unpaired) electrons. The Bertz CT molecular complexity index is 661. The zero-order chi connectivity index (χ0) is 17.7. The summed E-state index contributed by atoms with van der Waals surface area (Å²) in [6.45, 7) is 7.61. The minimum absolute atomic E-state index is 0.00139. The summed E-state index contributed by atoms with van der Waals surface area (Å²) in [7, 11) is 0. The van der Waals surface area contributed by atoms with Crippen LogP contribution in [-0.4, -0.2) is 31.3 Å². The summed E-state index contributed by atoms with van der Waals surface area (Å²) in [4.78, 5) is 25.6. The van der Waals surface area contributed by atoms with E-state index in [0.29, 0.717) is 23.6 Å². The number of piperidine rings is 1. The van der Waals surface area contributed by atoms with Crippen LogP contribution in [0.25, 0.3) is 0 Å². The summed E-state index contributed by atoms with van der Waals surface area (Å²) in [5, 5.41) is 12.4. The summed E-state index contributed by atoms with van der Waals surface area (Å²) in [6, 6.07) is 7.45. The first-order chi connectivity index (χ1) is 11.4. The van der Waals surface area contributed by atoms with Crippen LogP contribution in [0.1, 0.15) is 49.5 Å². The average molecular weight is 327 g/mol. The predicted molar refractivity (Wildman–Crippen MR) is 93.9 cm³/mol. The maximum Gasteiger partial charge on any atom is 0.222 e. The molecular formula is C19H25N3O2. The monoisotopic (exact) mass is 327 g/mol. The van der Waals surface area contributed by atoms with Crippen LogP contribution in [0.2, 0.25) is 0 Å². The van der Waals surface area contributed by atoms with Gasteiger partial charge in [0, 0.05) is 31.1 Å². The van der Waals surface area contributed by atoms with Crippen molar-refractivity contribution in [2.75, 3.05) is 24.5 Å². The lowest BCUT2D eigenvalue weighted by molar-refractivity contribution is -0.124.